The van der Waals surface area contributed by atoms with Gasteiger partial charge in [-0.2, -0.15) is 0 Å². The fourth-order valence-electron chi connectivity index (χ4n) is 3.77. The van der Waals surface area contributed by atoms with Gasteiger partial charge in [-0.15, -0.1) is 0 Å². The highest BCUT2D eigenvalue weighted by atomic mass is 16.2. The summed E-state index contributed by atoms with van der Waals surface area (Å²) in [7, 11) is 0. The van der Waals surface area contributed by atoms with E-state index in [0.29, 0.717) is 17.4 Å². The molecule has 2 aromatic heterocycles. The number of benzene rings is 1. The average Bonchev–Trinajstić information content (AvgIpc) is 2.74. The molecule has 6 heteroatoms. The number of carbonyl (C=O) groups is 1. The molecular weight excluding hydrogens is 340 g/mol. The number of rotatable bonds is 4. The summed E-state index contributed by atoms with van der Waals surface area (Å²) in [5.74, 6) is 0.0728. The third-order valence-electron chi connectivity index (χ3n) is 5.19. The Labute approximate surface area is 157 Å². The smallest absolute Gasteiger partial charge is 0.261 e. The van der Waals surface area contributed by atoms with Gasteiger partial charge in [0.05, 0.1) is 23.3 Å². The molecule has 6 nitrogen and oxygen atoms in total. The van der Waals surface area contributed by atoms with Crippen molar-refractivity contribution < 1.29 is 4.79 Å². The lowest BCUT2D eigenvalue weighted by Gasteiger charge is -2.36. The summed E-state index contributed by atoms with van der Waals surface area (Å²) < 4.78 is 1.53. The summed E-state index contributed by atoms with van der Waals surface area (Å²) in [6.07, 6.45) is 8.49. The van der Waals surface area contributed by atoms with Gasteiger partial charge in [-0.05, 0) is 43.0 Å². The number of likely N-dealkylation sites (tertiary alicyclic amines) is 1. The monoisotopic (exact) mass is 362 g/mol. The van der Waals surface area contributed by atoms with E-state index in [-0.39, 0.29) is 23.9 Å². The molecule has 1 fully saturated rings. The number of pyridine rings is 1. The molecule has 138 valence electrons. The molecule has 1 atom stereocenters. The zero-order valence-corrected chi connectivity index (χ0v) is 15.1. The minimum absolute atomic E-state index is 0.0728. The molecule has 0 saturated carbocycles. The molecule has 27 heavy (non-hydrogen) atoms. The topological polar surface area (TPSA) is 68.1 Å². The second kappa shape index (κ2) is 7.70. The number of fused-ring (bicyclic) bond motifs is 1. The Hall–Kier alpha value is -3.02. The van der Waals surface area contributed by atoms with Gasteiger partial charge >= 0.3 is 0 Å². The van der Waals surface area contributed by atoms with Crippen LogP contribution in [0.15, 0.2) is 59.9 Å². The molecule has 3 heterocycles. The van der Waals surface area contributed by atoms with Crippen molar-refractivity contribution >= 4 is 16.8 Å². The molecule has 4 rings (SSSR count). The first-order chi connectivity index (χ1) is 13.2. The van der Waals surface area contributed by atoms with Crippen molar-refractivity contribution in [1.82, 2.24) is 19.4 Å². The maximum Gasteiger partial charge on any atom is 0.261 e. The van der Waals surface area contributed by atoms with E-state index in [4.69, 9.17) is 0 Å². The van der Waals surface area contributed by atoms with Crippen LogP contribution in [0.4, 0.5) is 0 Å². The molecule has 0 spiro atoms. The van der Waals surface area contributed by atoms with Crippen molar-refractivity contribution in [2.24, 2.45) is 0 Å². The minimum atomic E-state index is -0.101. The van der Waals surface area contributed by atoms with Crippen LogP contribution in [0.5, 0.6) is 0 Å². The van der Waals surface area contributed by atoms with Crippen LogP contribution in [0.2, 0.25) is 0 Å². The normalized spacial score (nSPS) is 17.2. The van der Waals surface area contributed by atoms with Gasteiger partial charge in [-0.25, -0.2) is 4.98 Å². The molecule has 1 amide bonds. The summed E-state index contributed by atoms with van der Waals surface area (Å²) >= 11 is 0. The Balaban J connectivity index is 1.50. The summed E-state index contributed by atoms with van der Waals surface area (Å²) in [5.41, 5.74) is 1.66. The van der Waals surface area contributed by atoms with Crippen molar-refractivity contribution in [2.45, 2.75) is 38.3 Å². The first kappa shape index (κ1) is 17.4. The van der Waals surface area contributed by atoms with Gasteiger partial charge in [-0.3, -0.25) is 19.1 Å². The van der Waals surface area contributed by atoms with Crippen LogP contribution >= 0.6 is 0 Å². The molecule has 0 unspecified atom stereocenters. The van der Waals surface area contributed by atoms with Crippen molar-refractivity contribution in [3.05, 3.63) is 71.0 Å². The SMILES string of the molecule is O=C(CCn1cnc2ccccc2c1=O)N1CCCC[C@H]1c1cccnc1. The molecule has 0 radical (unpaired) electrons. The average molecular weight is 362 g/mol. The lowest BCUT2D eigenvalue weighted by Crippen LogP contribution is -2.39. The van der Waals surface area contributed by atoms with Crippen LogP contribution in [0.1, 0.15) is 37.3 Å². The minimum Gasteiger partial charge on any atom is -0.336 e. The standard InChI is InChI=1S/C21H22N4O2/c26-20(25-12-4-3-9-19(25)16-6-5-11-22-14-16)10-13-24-15-23-18-8-2-1-7-17(18)21(24)27/h1-2,5-8,11,14-15,19H,3-4,9-10,12-13H2/t19-/m0/s1. The number of aromatic nitrogens is 3. The Bertz CT molecular complexity index is 1000. The number of piperidine rings is 1. The van der Waals surface area contributed by atoms with Gasteiger partial charge in [0.15, 0.2) is 0 Å². The first-order valence-electron chi connectivity index (χ1n) is 9.37. The van der Waals surface area contributed by atoms with E-state index in [1.807, 2.05) is 41.4 Å². The van der Waals surface area contributed by atoms with Gasteiger partial charge in [0.2, 0.25) is 5.91 Å². The number of para-hydroxylation sites is 1. The molecule has 1 aliphatic rings. The molecule has 3 aromatic rings. The Morgan fingerprint density at radius 3 is 2.89 bits per heavy atom. The van der Waals surface area contributed by atoms with Crippen LogP contribution < -0.4 is 5.56 Å². The Morgan fingerprint density at radius 1 is 1.15 bits per heavy atom. The lowest BCUT2D eigenvalue weighted by molar-refractivity contribution is -0.135. The van der Waals surface area contributed by atoms with Crippen molar-refractivity contribution in [1.29, 1.82) is 0 Å². The van der Waals surface area contributed by atoms with Crippen LogP contribution in [-0.2, 0) is 11.3 Å². The van der Waals surface area contributed by atoms with E-state index < -0.39 is 0 Å². The van der Waals surface area contributed by atoms with Gasteiger partial charge in [0, 0.05) is 31.9 Å². The van der Waals surface area contributed by atoms with Crippen molar-refractivity contribution in [3.8, 4) is 0 Å². The number of amides is 1. The van der Waals surface area contributed by atoms with E-state index >= 15 is 0 Å². The van der Waals surface area contributed by atoms with E-state index in [9.17, 15) is 9.59 Å². The zero-order valence-electron chi connectivity index (χ0n) is 15.1. The van der Waals surface area contributed by atoms with Crippen molar-refractivity contribution in [3.63, 3.8) is 0 Å². The van der Waals surface area contributed by atoms with E-state index in [2.05, 4.69) is 9.97 Å². The second-order valence-electron chi connectivity index (χ2n) is 6.90. The highest BCUT2D eigenvalue weighted by Gasteiger charge is 2.27. The summed E-state index contributed by atoms with van der Waals surface area (Å²) in [5, 5.41) is 0.582. The molecular formula is C21H22N4O2. The van der Waals surface area contributed by atoms with Crippen LogP contribution in [-0.4, -0.2) is 31.9 Å². The number of hydrogen-bond donors (Lipinski definition) is 0. The lowest BCUT2D eigenvalue weighted by atomic mass is 9.96. The molecule has 0 aliphatic carbocycles. The third-order valence-corrected chi connectivity index (χ3v) is 5.19. The molecule has 1 aromatic carbocycles. The number of hydrogen-bond acceptors (Lipinski definition) is 4. The predicted molar refractivity (Wildman–Crippen MR) is 103 cm³/mol. The molecule has 0 N–H and O–H groups in total. The van der Waals surface area contributed by atoms with E-state index in [0.717, 1.165) is 31.4 Å². The third kappa shape index (κ3) is 3.60. The predicted octanol–water partition coefficient (Wildman–Crippen LogP) is 2.94. The number of carbonyl (C=O) groups excluding carboxylic acids is 1. The van der Waals surface area contributed by atoms with E-state index in [1.165, 1.54) is 10.9 Å². The second-order valence-corrected chi connectivity index (χ2v) is 6.90. The molecule has 1 saturated heterocycles. The van der Waals surface area contributed by atoms with Gasteiger partial charge in [0.25, 0.3) is 5.56 Å². The van der Waals surface area contributed by atoms with E-state index in [1.54, 1.807) is 12.3 Å². The first-order valence-corrected chi connectivity index (χ1v) is 9.37. The fourth-order valence-corrected chi connectivity index (χ4v) is 3.77. The van der Waals surface area contributed by atoms with Crippen molar-refractivity contribution in [2.75, 3.05) is 6.54 Å². The zero-order chi connectivity index (χ0) is 18.6. The summed E-state index contributed by atoms with van der Waals surface area (Å²) in [6.45, 7) is 1.09. The van der Waals surface area contributed by atoms with Gasteiger partial charge < -0.3 is 4.90 Å². The fraction of sp³-hybridized carbons (Fsp3) is 0.333. The largest absolute Gasteiger partial charge is 0.336 e. The molecule has 1 aliphatic heterocycles. The van der Waals surface area contributed by atoms with Crippen LogP contribution in [0.25, 0.3) is 10.9 Å². The number of nitrogens with zero attached hydrogens (tertiary/aromatic N) is 4. The van der Waals surface area contributed by atoms with Crippen LogP contribution in [0, 0.1) is 0 Å². The van der Waals surface area contributed by atoms with Gasteiger partial charge in [0.1, 0.15) is 0 Å². The maximum absolute atomic E-state index is 12.9. The Morgan fingerprint density at radius 2 is 2.04 bits per heavy atom. The molecule has 0 bridgehead atoms. The number of aryl methyl sites for hydroxylation is 1. The highest BCUT2D eigenvalue weighted by Crippen LogP contribution is 2.30. The quantitative estimate of drug-likeness (QED) is 0.716. The summed E-state index contributed by atoms with van der Waals surface area (Å²) in [4.78, 5) is 36.0. The summed E-state index contributed by atoms with van der Waals surface area (Å²) in [6, 6.07) is 11.3. The van der Waals surface area contributed by atoms with Gasteiger partial charge in [-0.1, -0.05) is 18.2 Å². The Kier molecular flexibility index (Phi) is 4.96. The van der Waals surface area contributed by atoms with Crippen LogP contribution in [0.3, 0.4) is 0 Å². The maximum atomic E-state index is 12.9. The highest BCUT2D eigenvalue weighted by molar-refractivity contribution is 5.78.